The molecular weight excluding hydrogens is 352 g/mol. The van der Waals surface area contributed by atoms with Crippen LogP contribution in [0.5, 0.6) is 5.75 Å². The molecule has 6 heteroatoms. The average Bonchev–Trinajstić information content (AvgIpc) is 3.10. The SMILES string of the molecule is COc1cccc(CN2CCC(c3nn(Cc4ccccc4)c(=O)[nH]3)CC2)c1. The molecule has 0 saturated carbocycles. The molecule has 1 aliphatic rings. The number of nitrogens with zero attached hydrogens (tertiary/aromatic N) is 3. The normalized spacial score (nSPS) is 15.6. The topological polar surface area (TPSA) is 63.1 Å². The van der Waals surface area contributed by atoms with Gasteiger partial charge in [0.05, 0.1) is 13.7 Å². The number of nitrogens with one attached hydrogen (secondary N) is 1. The van der Waals surface area contributed by atoms with E-state index in [1.165, 1.54) is 10.2 Å². The molecule has 2 heterocycles. The van der Waals surface area contributed by atoms with E-state index in [-0.39, 0.29) is 5.69 Å². The Labute approximate surface area is 164 Å². The number of aromatic amines is 1. The van der Waals surface area contributed by atoms with Gasteiger partial charge in [0, 0.05) is 12.5 Å². The van der Waals surface area contributed by atoms with Crippen LogP contribution in [0.4, 0.5) is 0 Å². The van der Waals surface area contributed by atoms with Gasteiger partial charge < -0.3 is 4.74 Å². The predicted molar refractivity (Wildman–Crippen MR) is 109 cm³/mol. The molecule has 146 valence electrons. The van der Waals surface area contributed by atoms with Crippen molar-refractivity contribution in [3.05, 3.63) is 82.0 Å². The van der Waals surface area contributed by atoms with Gasteiger partial charge >= 0.3 is 5.69 Å². The van der Waals surface area contributed by atoms with Gasteiger partial charge in [0.1, 0.15) is 11.6 Å². The van der Waals surface area contributed by atoms with Crippen LogP contribution in [0.2, 0.25) is 0 Å². The summed E-state index contributed by atoms with van der Waals surface area (Å²) in [4.78, 5) is 17.7. The maximum absolute atomic E-state index is 12.3. The smallest absolute Gasteiger partial charge is 0.343 e. The number of ether oxygens (including phenoxy) is 1. The van der Waals surface area contributed by atoms with E-state index in [1.807, 2.05) is 42.5 Å². The highest BCUT2D eigenvalue weighted by Crippen LogP contribution is 2.26. The summed E-state index contributed by atoms with van der Waals surface area (Å²) in [5.41, 5.74) is 2.21. The molecule has 1 saturated heterocycles. The van der Waals surface area contributed by atoms with Crippen molar-refractivity contribution in [2.75, 3.05) is 20.2 Å². The fraction of sp³-hybridized carbons (Fsp3) is 0.364. The van der Waals surface area contributed by atoms with E-state index in [0.717, 1.165) is 49.6 Å². The molecule has 2 aromatic carbocycles. The minimum absolute atomic E-state index is 0.127. The van der Waals surface area contributed by atoms with Gasteiger partial charge in [-0.1, -0.05) is 42.5 Å². The zero-order valence-corrected chi connectivity index (χ0v) is 16.2. The average molecular weight is 378 g/mol. The molecule has 0 atom stereocenters. The number of aromatic nitrogens is 3. The second kappa shape index (κ2) is 8.44. The third-order valence-corrected chi connectivity index (χ3v) is 5.39. The lowest BCUT2D eigenvalue weighted by Gasteiger charge is -2.30. The van der Waals surface area contributed by atoms with E-state index < -0.39 is 0 Å². The van der Waals surface area contributed by atoms with Crippen LogP contribution in [-0.2, 0) is 13.1 Å². The Hall–Kier alpha value is -2.86. The van der Waals surface area contributed by atoms with Gasteiger partial charge in [0.15, 0.2) is 0 Å². The van der Waals surface area contributed by atoms with Crippen LogP contribution in [0.1, 0.15) is 35.7 Å². The van der Waals surface area contributed by atoms with Crippen molar-refractivity contribution in [2.24, 2.45) is 0 Å². The summed E-state index contributed by atoms with van der Waals surface area (Å²) in [5, 5.41) is 4.57. The van der Waals surface area contributed by atoms with Crippen LogP contribution < -0.4 is 10.4 Å². The quantitative estimate of drug-likeness (QED) is 0.716. The van der Waals surface area contributed by atoms with Gasteiger partial charge in [0.25, 0.3) is 0 Å². The minimum Gasteiger partial charge on any atom is -0.497 e. The Bertz CT molecular complexity index is 956. The number of H-pyrrole nitrogens is 1. The number of benzene rings is 2. The highest BCUT2D eigenvalue weighted by atomic mass is 16.5. The molecule has 3 aromatic rings. The number of rotatable bonds is 6. The van der Waals surface area contributed by atoms with Gasteiger partial charge in [-0.25, -0.2) is 9.48 Å². The van der Waals surface area contributed by atoms with Gasteiger partial charge in [0.2, 0.25) is 0 Å². The largest absolute Gasteiger partial charge is 0.497 e. The fourth-order valence-electron chi connectivity index (χ4n) is 3.82. The molecule has 4 rings (SSSR count). The summed E-state index contributed by atoms with van der Waals surface area (Å²) in [5.74, 6) is 2.03. The summed E-state index contributed by atoms with van der Waals surface area (Å²) in [6.07, 6.45) is 2.00. The first-order chi connectivity index (χ1) is 13.7. The predicted octanol–water partition coefficient (Wildman–Crippen LogP) is 3.01. The number of piperidine rings is 1. The molecule has 0 radical (unpaired) electrons. The van der Waals surface area contributed by atoms with Crippen LogP contribution in [0, 0.1) is 0 Å². The van der Waals surface area contributed by atoms with Gasteiger partial charge in [-0.2, -0.15) is 5.10 Å². The van der Waals surface area contributed by atoms with Crippen LogP contribution >= 0.6 is 0 Å². The first kappa shape index (κ1) is 18.5. The van der Waals surface area contributed by atoms with Crippen molar-refractivity contribution in [1.82, 2.24) is 19.7 Å². The van der Waals surface area contributed by atoms with Crippen molar-refractivity contribution in [3.63, 3.8) is 0 Å². The highest BCUT2D eigenvalue weighted by molar-refractivity contribution is 5.28. The van der Waals surface area contributed by atoms with Crippen molar-refractivity contribution in [3.8, 4) is 5.75 Å². The molecular formula is C22H26N4O2. The number of likely N-dealkylation sites (tertiary alicyclic amines) is 1. The molecule has 6 nitrogen and oxygen atoms in total. The number of hydrogen-bond donors (Lipinski definition) is 1. The van der Waals surface area contributed by atoms with Crippen molar-refractivity contribution < 1.29 is 4.74 Å². The third-order valence-electron chi connectivity index (χ3n) is 5.39. The highest BCUT2D eigenvalue weighted by Gasteiger charge is 2.24. The van der Waals surface area contributed by atoms with Gasteiger partial charge in [-0.15, -0.1) is 0 Å². The Balaban J connectivity index is 1.36. The van der Waals surface area contributed by atoms with Crippen LogP contribution in [0.15, 0.2) is 59.4 Å². The maximum atomic E-state index is 12.3. The lowest BCUT2D eigenvalue weighted by atomic mass is 9.96. The molecule has 1 aromatic heterocycles. The number of hydrogen-bond acceptors (Lipinski definition) is 4. The molecule has 0 spiro atoms. The lowest BCUT2D eigenvalue weighted by Crippen LogP contribution is -2.32. The van der Waals surface area contributed by atoms with E-state index >= 15 is 0 Å². The van der Waals surface area contributed by atoms with E-state index in [4.69, 9.17) is 4.74 Å². The molecule has 1 aliphatic heterocycles. The van der Waals surface area contributed by atoms with Gasteiger partial charge in [-0.05, 0) is 49.2 Å². The second-order valence-electron chi connectivity index (χ2n) is 7.36. The first-order valence-corrected chi connectivity index (χ1v) is 9.77. The molecule has 1 N–H and O–H groups in total. The Morgan fingerprint density at radius 1 is 1.04 bits per heavy atom. The number of methoxy groups -OCH3 is 1. The van der Waals surface area contributed by atoms with Crippen molar-refractivity contribution in [2.45, 2.75) is 31.8 Å². The van der Waals surface area contributed by atoms with Gasteiger partial charge in [-0.3, -0.25) is 9.88 Å². The minimum atomic E-state index is -0.127. The molecule has 0 amide bonds. The zero-order valence-electron chi connectivity index (χ0n) is 16.2. The Morgan fingerprint density at radius 2 is 1.79 bits per heavy atom. The summed E-state index contributed by atoms with van der Waals surface area (Å²) in [6.45, 7) is 3.42. The van der Waals surface area contributed by atoms with E-state index in [2.05, 4.69) is 27.1 Å². The van der Waals surface area contributed by atoms with Crippen molar-refractivity contribution >= 4 is 0 Å². The van der Waals surface area contributed by atoms with Crippen LogP contribution in [-0.4, -0.2) is 39.9 Å². The molecule has 0 unspecified atom stereocenters. The Morgan fingerprint density at radius 3 is 2.54 bits per heavy atom. The Kier molecular flexibility index (Phi) is 5.58. The van der Waals surface area contributed by atoms with Crippen molar-refractivity contribution in [1.29, 1.82) is 0 Å². The molecule has 28 heavy (non-hydrogen) atoms. The summed E-state index contributed by atoms with van der Waals surface area (Å²) < 4.78 is 6.85. The van der Waals surface area contributed by atoms with E-state index in [9.17, 15) is 4.79 Å². The molecule has 0 aliphatic carbocycles. The summed E-state index contributed by atoms with van der Waals surface area (Å²) >= 11 is 0. The third kappa shape index (κ3) is 4.34. The molecule has 0 bridgehead atoms. The van der Waals surface area contributed by atoms with E-state index in [0.29, 0.717) is 12.5 Å². The summed E-state index contributed by atoms with van der Waals surface area (Å²) in [7, 11) is 1.70. The maximum Gasteiger partial charge on any atom is 0.343 e. The molecule has 1 fully saturated rings. The monoisotopic (exact) mass is 378 g/mol. The lowest BCUT2D eigenvalue weighted by molar-refractivity contribution is 0.201. The van der Waals surface area contributed by atoms with E-state index in [1.54, 1.807) is 7.11 Å². The zero-order chi connectivity index (χ0) is 19.3. The first-order valence-electron chi connectivity index (χ1n) is 9.77. The standard InChI is InChI=1S/C22H26N4O2/c1-28-20-9-5-8-18(14-20)15-25-12-10-19(11-13-25)21-23-22(27)26(24-21)16-17-6-3-2-4-7-17/h2-9,14,19H,10-13,15-16H2,1H3,(H,23,24,27). The fourth-order valence-corrected chi connectivity index (χ4v) is 3.82. The van der Waals surface area contributed by atoms with Crippen LogP contribution in [0.3, 0.4) is 0 Å². The summed E-state index contributed by atoms with van der Waals surface area (Å²) in [6, 6.07) is 18.2. The second-order valence-corrected chi connectivity index (χ2v) is 7.36. The van der Waals surface area contributed by atoms with Crippen LogP contribution in [0.25, 0.3) is 0 Å².